The third-order valence-electron chi connectivity index (χ3n) is 2.37. The van der Waals surface area contributed by atoms with Crippen molar-refractivity contribution in [1.82, 2.24) is 9.78 Å². The van der Waals surface area contributed by atoms with Crippen LogP contribution in [0, 0.1) is 5.82 Å². The molecule has 10 heteroatoms. The van der Waals surface area contributed by atoms with Crippen LogP contribution in [0.1, 0.15) is 0 Å². The quantitative estimate of drug-likeness (QED) is 0.824. The second kappa shape index (κ2) is 5.82. The molecule has 0 unspecified atom stereocenters. The summed E-state index contributed by atoms with van der Waals surface area (Å²) in [4.78, 5) is 9.99. The van der Waals surface area contributed by atoms with Crippen molar-refractivity contribution in [1.29, 1.82) is 0 Å². The first-order valence-electron chi connectivity index (χ1n) is 5.50. The number of hydrogen-bond donors (Lipinski definition) is 2. The average molecular weight is 378 g/mol. The Kier molecular flexibility index (Phi) is 4.28. The van der Waals surface area contributed by atoms with Gasteiger partial charge in [-0.3, -0.25) is 14.2 Å². The molecule has 7 nitrogen and oxygen atoms in total. The highest BCUT2D eigenvalue weighted by Gasteiger charge is 2.20. The van der Waals surface area contributed by atoms with Gasteiger partial charge in [-0.25, -0.2) is 12.8 Å². The number of rotatable bonds is 5. The normalized spacial score (nSPS) is 11.3. The van der Waals surface area contributed by atoms with Crippen LogP contribution in [0.15, 0.2) is 40.0 Å². The lowest BCUT2D eigenvalue weighted by Crippen LogP contribution is -2.14. The number of sulfonamides is 1. The zero-order valence-electron chi connectivity index (χ0n) is 10.3. The number of benzene rings is 1. The van der Waals surface area contributed by atoms with Gasteiger partial charge in [0.15, 0.2) is 0 Å². The van der Waals surface area contributed by atoms with E-state index in [2.05, 4.69) is 25.8 Å². The van der Waals surface area contributed by atoms with Crippen molar-refractivity contribution in [3.8, 4) is 0 Å². The lowest BCUT2D eigenvalue weighted by Gasteiger charge is -2.07. The second-order valence-corrected chi connectivity index (χ2v) is 6.57. The third-order valence-corrected chi connectivity index (χ3v) is 4.27. The highest BCUT2D eigenvalue weighted by atomic mass is 79.9. The molecule has 0 aliphatic rings. The highest BCUT2D eigenvalue weighted by Crippen LogP contribution is 2.21. The zero-order valence-corrected chi connectivity index (χ0v) is 12.7. The maximum atomic E-state index is 13.7. The lowest BCUT2D eigenvalue weighted by molar-refractivity contribution is -0.137. The summed E-state index contributed by atoms with van der Waals surface area (Å²) in [6, 6.07) is 3.54. The Labute approximate surface area is 127 Å². The van der Waals surface area contributed by atoms with E-state index in [1.165, 1.54) is 12.3 Å². The Hall–Kier alpha value is -1.94. The molecular weight excluding hydrogens is 369 g/mol. The van der Waals surface area contributed by atoms with E-state index in [4.69, 9.17) is 5.11 Å². The van der Waals surface area contributed by atoms with Gasteiger partial charge >= 0.3 is 5.97 Å². The topological polar surface area (TPSA) is 101 Å². The standard InChI is InChI=1S/C11H9BrFN3O4S/c12-7-1-2-10(9(13)3-7)21(19,20)15-8-4-14-16(5-8)6-11(17)18/h1-5,15H,6H2,(H,17,18). The molecule has 2 aromatic rings. The van der Waals surface area contributed by atoms with Crippen LogP contribution >= 0.6 is 15.9 Å². The first-order chi connectivity index (χ1) is 9.78. The van der Waals surface area contributed by atoms with Crippen LogP contribution in [0.3, 0.4) is 0 Å². The van der Waals surface area contributed by atoms with E-state index in [1.807, 2.05) is 0 Å². The number of carboxylic acid groups (broad SMARTS) is 1. The molecule has 0 aliphatic carbocycles. The molecule has 0 saturated heterocycles. The predicted molar refractivity (Wildman–Crippen MR) is 74.8 cm³/mol. The zero-order chi connectivity index (χ0) is 15.6. The smallest absolute Gasteiger partial charge is 0.325 e. The van der Waals surface area contributed by atoms with Crippen molar-refractivity contribution in [3.63, 3.8) is 0 Å². The molecule has 0 fully saturated rings. The van der Waals surface area contributed by atoms with Crippen LogP contribution in [-0.4, -0.2) is 29.3 Å². The summed E-state index contributed by atoms with van der Waals surface area (Å²) in [5, 5.41) is 12.3. The minimum atomic E-state index is -4.12. The highest BCUT2D eigenvalue weighted by molar-refractivity contribution is 9.10. The van der Waals surface area contributed by atoms with Gasteiger partial charge in [0.25, 0.3) is 10.0 Å². The van der Waals surface area contributed by atoms with Crippen LogP contribution < -0.4 is 4.72 Å². The van der Waals surface area contributed by atoms with E-state index >= 15 is 0 Å². The molecule has 0 spiro atoms. The first-order valence-corrected chi connectivity index (χ1v) is 7.78. The molecule has 0 aliphatic heterocycles. The van der Waals surface area contributed by atoms with Crippen LogP contribution in [0.4, 0.5) is 10.1 Å². The molecule has 1 aromatic carbocycles. The van der Waals surface area contributed by atoms with Gasteiger partial charge in [0.1, 0.15) is 17.3 Å². The minimum Gasteiger partial charge on any atom is -0.480 e. The van der Waals surface area contributed by atoms with E-state index in [0.717, 1.165) is 23.0 Å². The number of aliphatic carboxylic acids is 1. The number of carboxylic acids is 1. The summed E-state index contributed by atoms with van der Waals surface area (Å²) in [6.45, 7) is -0.408. The number of halogens is 2. The number of nitrogens with zero attached hydrogens (tertiary/aromatic N) is 2. The van der Waals surface area contributed by atoms with Gasteiger partial charge in [-0.2, -0.15) is 5.10 Å². The van der Waals surface area contributed by atoms with Crippen LogP contribution in [0.25, 0.3) is 0 Å². The van der Waals surface area contributed by atoms with Gasteiger partial charge < -0.3 is 5.11 Å². The molecule has 0 bridgehead atoms. The molecule has 2 N–H and O–H groups in total. The fourth-order valence-corrected chi connectivity index (χ4v) is 2.97. The molecule has 0 saturated carbocycles. The largest absolute Gasteiger partial charge is 0.480 e. The molecule has 0 atom stereocenters. The van der Waals surface area contributed by atoms with Gasteiger partial charge in [-0.1, -0.05) is 15.9 Å². The summed E-state index contributed by atoms with van der Waals surface area (Å²) in [7, 11) is -4.12. The Morgan fingerprint density at radius 1 is 1.48 bits per heavy atom. The number of hydrogen-bond acceptors (Lipinski definition) is 4. The van der Waals surface area contributed by atoms with Crippen molar-refractivity contribution in [3.05, 3.63) is 40.9 Å². The van der Waals surface area contributed by atoms with E-state index in [9.17, 15) is 17.6 Å². The Balaban J connectivity index is 2.25. The van der Waals surface area contributed by atoms with Gasteiger partial charge in [-0.15, -0.1) is 0 Å². The number of anilines is 1. The molecular formula is C11H9BrFN3O4S. The Morgan fingerprint density at radius 3 is 2.81 bits per heavy atom. The second-order valence-electron chi connectivity index (χ2n) is 4.00. The lowest BCUT2D eigenvalue weighted by atomic mass is 10.3. The van der Waals surface area contributed by atoms with Crippen molar-refractivity contribution >= 4 is 37.6 Å². The van der Waals surface area contributed by atoms with Crippen molar-refractivity contribution in [2.24, 2.45) is 0 Å². The summed E-state index contributed by atoms with van der Waals surface area (Å²) in [5.74, 6) is -2.03. The number of carbonyl (C=O) groups is 1. The Morgan fingerprint density at radius 2 is 2.19 bits per heavy atom. The van der Waals surface area contributed by atoms with Crippen LogP contribution in [-0.2, 0) is 21.4 Å². The molecule has 1 aromatic heterocycles. The maximum absolute atomic E-state index is 13.7. The Bertz CT molecular complexity index is 791. The SMILES string of the molecule is O=C(O)Cn1cc(NS(=O)(=O)c2ccc(Br)cc2F)cn1. The van der Waals surface area contributed by atoms with Gasteiger partial charge in [-0.05, 0) is 18.2 Å². The molecule has 0 radical (unpaired) electrons. The van der Waals surface area contributed by atoms with E-state index in [0.29, 0.717) is 4.47 Å². The van der Waals surface area contributed by atoms with Gasteiger partial charge in [0.2, 0.25) is 0 Å². The summed E-state index contributed by atoms with van der Waals surface area (Å²) in [6.07, 6.45) is 2.33. The van der Waals surface area contributed by atoms with Gasteiger partial charge in [0.05, 0.1) is 11.9 Å². The fraction of sp³-hybridized carbons (Fsp3) is 0.0909. The average Bonchev–Trinajstić information content (AvgIpc) is 2.73. The fourth-order valence-electron chi connectivity index (χ4n) is 1.54. The minimum absolute atomic E-state index is 0.0403. The number of nitrogens with one attached hydrogen (secondary N) is 1. The van der Waals surface area contributed by atoms with E-state index in [1.54, 1.807) is 0 Å². The summed E-state index contributed by atoms with van der Waals surface area (Å²) < 4.78 is 41.3. The maximum Gasteiger partial charge on any atom is 0.325 e. The van der Waals surface area contributed by atoms with Crippen LogP contribution in [0.2, 0.25) is 0 Å². The monoisotopic (exact) mass is 377 g/mol. The van der Waals surface area contributed by atoms with Crippen LogP contribution in [0.5, 0.6) is 0 Å². The van der Waals surface area contributed by atoms with E-state index < -0.39 is 33.3 Å². The molecule has 112 valence electrons. The first kappa shape index (κ1) is 15.4. The van der Waals surface area contributed by atoms with Crippen molar-refractivity contribution in [2.75, 3.05) is 4.72 Å². The summed E-state index contributed by atoms with van der Waals surface area (Å²) in [5.41, 5.74) is 0.0403. The molecule has 21 heavy (non-hydrogen) atoms. The molecule has 1 heterocycles. The third kappa shape index (κ3) is 3.79. The summed E-state index contributed by atoms with van der Waals surface area (Å²) >= 11 is 3.03. The molecule has 2 rings (SSSR count). The van der Waals surface area contributed by atoms with Crippen molar-refractivity contribution < 1.29 is 22.7 Å². The number of aromatic nitrogens is 2. The molecule has 0 amide bonds. The predicted octanol–water partition coefficient (Wildman–Crippen LogP) is 1.67. The van der Waals surface area contributed by atoms with E-state index in [-0.39, 0.29) is 5.69 Å². The van der Waals surface area contributed by atoms with Gasteiger partial charge in [0, 0.05) is 10.7 Å². The van der Waals surface area contributed by atoms with Crippen molar-refractivity contribution in [2.45, 2.75) is 11.4 Å².